The summed E-state index contributed by atoms with van der Waals surface area (Å²) in [5.41, 5.74) is -0.297. The van der Waals surface area contributed by atoms with Crippen LogP contribution < -0.4 is 0 Å². The second kappa shape index (κ2) is 7.77. The van der Waals surface area contributed by atoms with Crippen LogP contribution in [0.3, 0.4) is 0 Å². The van der Waals surface area contributed by atoms with Gasteiger partial charge in [0, 0.05) is 24.4 Å². The maximum atomic E-state index is 12.8. The van der Waals surface area contributed by atoms with Crippen molar-refractivity contribution in [3.63, 3.8) is 0 Å². The minimum absolute atomic E-state index is 0. The van der Waals surface area contributed by atoms with Crippen LogP contribution in [-0.4, -0.2) is 44.6 Å². The van der Waals surface area contributed by atoms with Crippen LogP contribution in [0, 0.1) is 0 Å². The summed E-state index contributed by atoms with van der Waals surface area (Å²) in [6, 6.07) is 3.16. The third kappa shape index (κ3) is 4.32. The van der Waals surface area contributed by atoms with Crippen LogP contribution in [0.5, 0.6) is 0 Å². The second-order valence-corrected chi connectivity index (χ2v) is 4.69. The van der Waals surface area contributed by atoms with Crippen LogP contribution in [0.2, 0.25) is 0 Å². The number of nitrogens with zero attached hydrogens (tertiary/aromatic N) is 3. The maximum absolute atomic E-state index is 12.8. The molecular formula is C13H15F3LiN4O. The van der Waals surface area contributed by atoms with E-state index < -0.39 is 17.8 Å². The number of tetrazole rings is 1. The standard InChI is InChI=1S/C13H15F3N4O.Li/c1-2-3-4-11(21)9-6-5-8(13(14,15)16)7-10(9)12-17-19-20-18-12;/h5-7,11,21H,2-4H2,1H3,(H,17,18,19,20);. The van der Waals surface area contributed by atoms with Crippen molar-refractivity contribution in [3.8, 4) is 11.4 Å². The fourth-order valence-electron chi connectivity index (χ4n) is 2.05. The SMILES string of the molecule is CCCCC(O)c1ccc(C(F)(F)F)cc1-c1nn[nH]n1.[Li]. The first-order valence-electron chi connectivity index (χ1n) is 6.56. The molecule has 0 bridgehead atoms. The first-order valence-corrected chi connectivity index (χ1v) is 6.56. The molecule has 22 heavy (non-hydrogen) atoms. The smallest absolute Gasteiger partial charge is 0.388 e. The Labute approximate surface area is 137 Å². The van der Waals surface area contributed by atoms with Gasteiger partial charge in [0.05, 0.1) is 11.7 Å². The van der Waals surface area contributed by atoms with Gasteiger partial charge in [-0.15, -0.1) is 10.2 Å². The number of H-pyrrole nitrogens is 1. The van der Waals surface area contributed by atoms with Crippen LogP contribution in [0.25, 0.3) is 11.4 Å². The van der Waals surface area contributed by atoms with Gasteiger partial charge in [-0.2, -0.15) is 18.4 Å². The minimum Gasteiger partial charge on any atom is -0.388 e. The predicted molar refractivity (Wildman–Crippen MR) is 74.9 cm³/mol. The van der Waals surface area contributed by atoms with Gasteiger partial charge in [0.1, 0.15) is 0 Å². The first-order chi connectivity index (χ1) is 9.93. The molecule has 0 aliphatic heterocycles. The summed E-state index contributed by atoms with van der Waals surface area (Å²) in [6.07, 6.45) is -3.21. The van der Waals surface area contributed by atoms with E-state index in [-0.39, 0.29) is 30.2 Å². The molecule has 0 amide bonds. The number of rotatable bonds is 5. The molecule has 1 unspecified atom stereocenters. The van der Waals surface area contributed by atoms with Crippen LogP contribution in [0.15, 0.2) is 18.2 Å². The molecule has 0 fully saturated rings. The summed E-state index contributed by atoms with van der Waals surface area (Å²) in [5.74, 6) is 0.0339. The van der Waals surface area contributed by atoms with Crippen molar-refractivity contribution in [2.45, 2.75) is 38.5 Å². The minimum atomic E-state index is -4.47. The van der Waals surface area contributed by atoms with Gasteiger partial charge in [-0.3, -0.25) is 0 Å². The zero-order valence-corrected chi connectivity index (χ0v) is 12.4. The Morgan fingerprint density at radius 2 is 2.05 bits per heavy atom. The normalized spacial score (nSPS) is 12.8. The Kier molecular flexibility index (Phi) is 6.60. The molecule has 0 spiro atoms. The Bertz CT molecular complexity index is 589. The van der Waals surface area contributed by atoms with Gasteiger partial charge in [0.15, 0.2) is 0 Å². The number of halogens is 3. The summed E-state index contributed by atoms with van der Waals surface area (Å²) >= 11 is 0. The molecule has 0 saturated heterocycles. The van der Waals surface area contributed by atoms with E-state index >= 15 is 0 Å². The molecule has 2 N–H and O–H groups in total. The van der Waals surface area contributed by atoms with Crippen molar-refractivity contribution in [3.05, 3.63) is 29.3 Å². The summed E-state index contributed by atoms with van der Waals surface area (Å²) in [5, 5.41) is 23.1. The summed E-state index contributed by atoms with van der Waals surface area (Å²) in [6.45, 7) is 1.97. The van der Waals surface area contributed by atoms with E-state index in [1.807, 2.05) is 6.92 Å². The van der Waals surface area contributed by atoms with E-state index in [2.05, 4.69) is 20.6 Å². The van der Waals surface area contributed by atoms with Crippen LogP contribution in [0.4, 0.5) is 13.2 Å². The number of aromatic amines is 1. The Morgan fingerprint density at radius 1 is 1.32 bits per heavy atom. The monoisotopic (exact) mass is 307 g/mol. The fourth-order valence-corrected chi connectivity index (χ4v) is 2.05. The number of alkyl halides is 3. The van der Waals surface area contributed by atoms with Crippen LogP contribution in [0.1, 0.15) is 43.4 Å². The van der Waals surface area contributed by atoms with Gasteiger partial charge < -0.3 is 5.11 Å². The second-order valence-electron chi connectivity index (χ2n) is 4.69. The Balaban J connectivity index is 0.00000242. The van der Waals surface area contributed by atoms with Crippen molar-refractivity contribution in [2.24, 2.45) is 0 Å². The van der Waals surface area contributed by atoms with Crippen molar-refractivity contribution in [1.29, 1.82) is 0 Å². The van der Waals surface area contributed by atoms with Gasteiger partial charge in [-0.05, 0) is 29.3 Å². The van der Waals surface area contributed by atoms with E-state index in [1.54, 1.807) is 0 Å². The van der Waals surface area contributed by atoms with Crippen molar-refractivity contribution < 1.29 is 18.3 Å². The molecule has 2 rings (SSSR count). The molecule has 1 radical (unpaired) electrons. The topological polar surface area (TPSA) is 74.7 Å². The van der Waals surface area contributed by atoms with E-state index in [9.17, 15) is 18.3 Å². The van der Waals surface area contributed by atoms with Gasteiger partial charge in [0.2, 0.25) is 5.82 Å². The third-order valence-electron chi connectivity index (χ3n) is 3.16. The predicted octanol–water partition coefficient (Wildman–Crippen LogP) is 2.73. The molecule has 5 nitrogen and oxygen atoms in total. The molecule has 0 saturated carbocycles. The average Bonchev–Trinajstić information content (AvgIpc) is 2.97. The number of nitrogens with one attached hydrogen (secondary N) is 1. The number of benzene rings is 1. The fraction of sp³-hybridized carbons (Fsp3) is 0.462. The number of unbranched alkanes of at least 4 members (excludes halogenated alkanes) is 1. The molecule has 0 aliphatic rings. The Morgan fingerprint density at radius 3 is 2.59 bits per heavy atom. The van der Waals surface area contributed by atoms with E-state index in [0.717, 1.165) is 25.0 Å². The van der Waals surface area contributed by atoms with Crippen molar-refractivity contribution in [1.82, 2.24) is 20.6 Å². The van der Waals surface area contributed by atoms with Crippen LogP contribution >= 0.6 is 0 Å². The number of aromatic nitrogens is 4. The molecule has 1 atom stereocenters. The molecule has 115 valence electrons. The molecule has 1 aromatic heterocycles. The number of hydrogen-bond donors (Lipinski definition) is 2. The Hall–Kier alpha value is -1.36. The average molecular weight is 307 g/mol. The van der Waals surface area contributed by atoms with E-state index in [4.69, 9.17) is 0 Å². The number of aliphatic hydroxyl groups is 1. The van der Waals surface area contributed by atoms with E-state index in [1.165, 1.54) is 6.07 Å². The molecule has 1 heterocycles. The van der Waals surface area contributed by atoms with Gasteiger partial charge in [-0.25, -0.2) is 0 Å². The van der Waals surface area contributed by atoms with Gasteiger partial charge >= 0.3 is 6.18 Å². The van der Waals surface area contributed by atoms with Gasteiger partial charge in [-0.1, -0.05) is 25.8 Å². The number of aliphatic hydroxyl groups excluding tert-OH is 1. The summed E-state index contributed by atoms with van der Waals surface area (Å²) < 4.78 is 38.5. The molecular weight excluding hydrogens is 292 g/mol. The quantitative estimate of drug-likeness (QED) is 0.833. The van der Waals surface area contributed by atoms with Gasteiger partial charge in [0.25, 0.3) is 0 Å². The van der Waals surface area contributed by atoms with Crippen LogP contribution in [-0.2, 0) is 6.18 Å². The number of hydrogen-bond acceptors (Lipinski definition) is 4. The molecule has 9 heteroatoms. The maximum Gasteiger partial charge on any atom is 0.416 e. The van der Waals surface area contributed by atoms with Crippen molar-refractivity contribution >= 4 is 18.9 Å². The molecule has 1 aromatic carbocycles. The summed E-state index contributed by atoms with van der Waals surface area (Å²) in [4.78, 5) is 0. The zero-order valence-electron chi connectivity index (χ0n) is 12.4. The molecule has 0 aliphatic carbocycles. The first kappa shape index (κ1) is 18.7. The molecule has 2 aromatic rings. The zero-order chi connectivity index (χ0) is 15.5. The van der Waals surface area contributed by atoms with Crippen molar-refractivity contribution in [2.75, 3.05) is 0 Å². The summed E-state index contributed by atoms with van der Waals surface area (Å²) in [7, 11) is 0. The third-order valence-corrected chi connectivity index (χ3v) is 3.16. The largest absolute Gasteiger partial charge is 0.416 e. The van der Waals surface area contributed by atoms with E-state index in [0.29, 0.717) is 12.0 Å².